The summed E-state index contributed by atoms with van der Waals surface area (Å²) in [7, 11) is 0. The average Bonchev–Trinajstić information content (AvgIpc) is 2.89. The minimum Gasteiger partial charge on any atom is -0.454 e. The maximum absolute atomic E-state index is 11.6. The highest BCUT2D eigenvalue weighted by molar-refractivity contribution is 5.85. The van der Waals surface area contributed by atoms with Gasteiger partial charge in [-0.3, -0.25) is 9.59 Å². The third kappa shape index (κ3) is 3.63. The van der Waals surface area contributed by atoms with Crippen molar-refractivity contribution in [2.45, 2.75) is 20.4 Å². The smallest absolute Gasteiger partial charge is 0.239 e. The molecule has 0 aliphatic carbocycles. The molecule has 0 atom stereocenters. The lowest BCUT2D eigenvalue weighted by molar-refractivity contribution is -0.127. The molecular formula is C14H18N2O4. The van der Waals surface area contributed by atoms with Crippen molar-refractivity contribution in [3.63, 3.8) is 0 Å². The van der Waals surface area contributed by atoms with Gasteiger partial charge in [-0.15, -0.1) is 0 Å². The molecule has 20 heavy (non-hydrogen) atoms. The second kappa shape index (κ2) is 6.27. The van der Waals surface area contributed by atoms with Crippen LogP contribution >= 0.6 is 0 Å². The summed E-state index contributed by atoms with van der Waals surface area (Å²) in [5.74, 6) is 0.908. The number of benzene rings is 1. The number of carbonyl (C=O) groups excluding carboxylic acids is 2. The Labute approximate surface area is 117 Å². The van der Waals surface area contributed by atoms with Gasteiger partial charge in [0, 0.05) is 12.5 Å². The van der Waals surface area contributed by atoms with Gasteiger partial charge >= 0.3 is 0 Å². The topological polar surface area (TPSA) is 76.7 Å². The largest absolute Gasteiger partial charge is 0.454 e. The number of nitrogens with one attached hydrogen (secondary N) is 2. The molecule has 0 spiro atoms. The predicted octanol–water partition coefficient (Wildman–Crippen LogP) is 0.804. The van der Waals surface area contributed by atoms with Crippen molar-refractivity contribution in [2.75, 3.05) is 13.3 Å². The number of amides is 2. The summed E-state index contributed by atoms with van der Waals surface area (Å²) in [6.45, 7) is 4.15. The molecule has 1 heterocycles. The van der Waals surface area contributed by atoms with Crippen LogP contribution < -0.4 is 20.1 Å². The normalized spacial score (nSPS) is 12.3. The van der Waals surface area contributed by atoms with Crippen LogP contribution in [-0.2, 0) is 16.1 Å². The number of rotatable bonds is 5. The van der Waals surface area contributed by atoms with E-state index in [2.05, 4.69) is 10.6 Å². The number of carbonyl (C=O) groups is 2. The van der Waals surface area contributed by atoms with Crippen molar-refractivity contribution in [1.82, 2.24) is 10.6 Å². The molecule has 0 unspecified atom stereocenters. The van der Waals surface area contributed by atoms with Crippen molar-refractivity contribution in [2.24, 2.45) is 5.92 Å². The van der Waals surface area contributed by atoms with Crippen LogP contribution in [0.25, 0.3) is 0 Å². The minimum atomic E-state index is -0.225. The SMILES string of the molecule is CC(C)C(=O)NCC(=O)NCc1ccc2c(c1)OCO2. The molecule has 2 amide bonds. The molecule has 1 aromatic carbocycles. The fourth-order valence-electron chi connectivity index (χ4n) is 1.69. The summed E-state index contributed by atoms with van der Waals surface area (Å²) in [6.07, 6.45) is 0. The standard InChI is InChI=1S/C14H18N2O4/c1-9(2)14(18)16-7-13(17)15-6-10-3-4-11-12(5-10)20-8-19-11/h3-5,9H,6-8H2,1-2H3,(H,15,17)(H,16,18). The Morgan fingerprint density at radius 1 is 1.20 bits per heavy atom. The van der Waals surface area contributed by atoms with Crippen LogP contribution in [0.15, 0.2) is 18.2 Å². The fraction of sp³-hybridized carbons (Fsp3) is 0.429. The highest BCUT2D eigenvalue weighted by atomic mass is 16.7. The molecule has 6 heteroatoms. The number of hydrogen-bond acceptors (Lipinski definition) is 4. The molecule has 2 N–H and O–H groups in total. The van der Waals surface area contributed by atoms with Crippen LogP contribution in [0.5, 0.6) is 11.5 Å². The lowest BCUT2D eigenvalue weighted by Gasteiger charge is -2.09. The van der Waals surface area contributed by atoms with Gasteiger partial charge in [-0.25, -0.2) is 0 Å². The van der Waals surface area contributed by atoms with E-state index < -0.39 is 0 Å². The van der Waals surface area contributed by atoms with Gasteiger partial charge < -0.3 is 20.1 Å². The van der Waals surface area contributed by atoms with Crippen LogP contribution in [0.3, 0.4) is 0 Å². The maximum Gasteiger partial charge on any atom is 0.239 e. The van der Waals surface area contributed by atoms with Gasteiger partial charge in [0.15, 0.2) is 11.5 Å². The van der Waals surface area contributed by atoms with E-state index in [1.165, 1.54) is 0 Å². The zero-order valence-electron chi connectivity index (χ0n) is 11.6. The lowest BCUT2D eigenvalue weighted by atomic mass is 10.2. The van der Waals surface area contributed by atoms with Gasteiger partial charge in [0.2, 0.25) is 18.6 Å². The van der Waals surface area contributed by atoms with Crippen molar-refractivity contribution < 1.29 is 19.1 Å². The van der Waals surface area contributed by atoms with E-state index in [-0.39, 0.29) is 31.1 Å². The van der Waals surface area contributed by atoms with Gasteiger partial charge in [-0.2, -0.15) is 0 Å². The first-order chi connectivity index (χ1) is 9.56. The Kier molecular flexibility index (Phi) is 4.45. The summed E-state index contributed by atoms with van der Waals surface area (Å²) >= 11 is 0. The summed E-state index contributed by atoms with van der Waals surface area (Å²) in [4.78, 5) is 22.9. The maximum atomic E-state index is 11.6. The van der Waals surface area contributed by atoms with Gasteiger partial charge in [0.05, 0.1) is 6.54 Å². The van der Waals surface area contributed by atoms with Crippen LogP contribution in [0.4, 0.5) is 0 Å². The first-order valence-electron chi connectivity index (χ1n) is 6.49. The Balaban J connectivity index is 1.77. The van der Waals surface area contributed by atoms with E-state index in [9.17, 15) is 9.59 Å². The summed E-state index contributed by atoms with van der Waals surface area (Å²) < 4.78 is 10.5. The first-order valence-corrected chi connectivity index (χ1v) is 6.49. The molecule has 0 aromatic heterocycles. The second-order valence-corrected chi connectivity index (χ2v) is 4.84. The molecule has 1 aromatic rings. The summed E-state index contributed by atoms with van der Waals surface area (Å²) in [5.41, 5.74) is 0.915. The number of ether oxygens (including phenoxy) is 2. The van der Waals surface area contributed by atoms with E-state index in [1.54, 1.807) is 13.8 Å². The van der Waals surface area contributed by atoms with Crippen LogP contribution in [-0.4, -0.2) is 25.2 Å². The van der Waals surface area contributed by atoms with Crippen LogP contribution in [0.1, 0.15) is 19.4 Å². The summed E-state index contributed by atoms with van der Waals surface area (Å²) in [6, 6.07) is 5.50. The van der Waals surface area contributed by atoms with Crippen molar-refractivity contribution in [3.05, 3.63) is 23.8 Å². The molecule has 0 fully saturated rings. The molecule has 0 bridgehead atoms. The zero-order valence-corrected chi connectivity index (χ0v) is 11.6. The molecule has 0 radical (unpaired) electrons. The van der Waals surface area contributed by atoms with E-state index in [4.69, 9.17) is 9.47 Å². The van der Waals surface area contributed by atoms with Gasteiger partial charge in [-0.05, 0) is 17.7 Å². The monoisotopic (exact) mass is 278 g/mol. The average molecular weight is 278 g/mol. The van der Waals surface area contributed by atoms with Crippen molar-refractivity contribution >= 4 is 11.8 Å². The quantitative estimate of drug-likeness (QED) is 0.835. The number of hydrogen-bond donors (Lipinski definition) is 2. The Morgan fingerprint density at radius 3 is 2.70 bits per heavy atom. The molecule has 0 saturated heterocycles. The van der Waals surface area contributed by atoms with E-state index in [1.807, 2.05) is 18.2 Å². The van der Waals surface area contributed by atoms with Gasteiger partial charge in [0.1, 0.15) is 0 Å². The zero-order chi connectivity index (χ0) is 14.5. The molecule has 1 aliphatic rings. The molecule has 6 nitrogen and oxygen atoms in total. The van der Waals surface area contributed by atoms with Gasteiger partial charge in [0.25, 0.3) is 0 Å². The lowest BCUT2D eigenvalue weighted by Crippen LogP contribution is -2.38. The van der Waals surface area contributed by atoms with Crippen LogP contribution in [0, 0.1) is 5.92 Å². The highest BCUT2D eigenvalue weighted by Gasteiger charge is 2.13. The third-order valence-corrected chi connectivity index (χ3v) is 2.87. The van der Waals surface area contributed by atoms with Crippen molar-refractivity contribution in [1.29, 1.82) is 0 Å². The highest BCUT2D eigenvalue weighted by Crippen LogP contribution is 2.32. The van der Waals surface area contributed by atoms with Gasteiger partial charge in [-0.1, -0.05) is 19.9 Å². The Hall–Kier alpha value is -2.24. The molecule has 108 valence electrons. The van der Waals surface area contributed by atoms with E-state index in [0.717, 1.165) is 5.56 Å². The van der Waals surface area contributed by atoms with Crippen LogP contribution in [0.2, 0.25) is 0 Å². The number of fused-ring (bicyclic) bond motifs is 1. The molecule has 2 rings (SSSR count). The Morgan fingerprint density at radius 2 is 1.95 bits per heavy atom. The Bertz CT molecular complexity index is 514. The minimum absolute atomic E-state index is 0.0123. The molecule has 1 aliphatic heterocycles. The first kappa shape index (κ1) is 14.2. The predicted molar refractivity (Wildman–Crippen MR) is 72.3 cm³/mol. The fourth-order valence-corrected chi connectivity index (χ4v) is 1.69. The van der Waals surface area contributed by atoms with E-state index >= 15 is 0 Å². The molecule has 0 saturated carbocycles. The third-order valence-electron chi connectivity index (χ3n) is 2.87. The molecular weight excluding hydrogens is 260 g/mol. The van der Waals surface area contributed by atoms with Crippen molar-refractivity contribution in [3.8, 4) is 11.5 Å². The summed E-state index contributed by atoms with van der Waals surface area (Å²) in [5, 5.41) is 5.30. The second-order valence-electron chi connectivity index (χ2n) is 4.84. The van der Waals surface area contributed by atoms with E-state index in [0.29, 0.717) is 18.0 Å².